The van der Waals surface area contributed by atoms with Crippen LogP contribution in [0.5, 0.6) is 0 Å². The Morgan fingerprint density at radius 1 is 1.05 bits per heavy atom. The van der Waals surface area contributed by atoms with Crippen molar-refractivity contribution in [2.75, 3.05) is 13.1 Å². The highest BCUT2D eigenvalue weighted by atomic mass is 19.1. The Bertz CT molecular complexity index is 1720. The van der Waals surface area contributed by atoms with Gasteiger partial charge in [-0.25, -0.2) is 9.37 Å². The van der Waals surface area contributed by atoms with Gasteiger partial charge in [0, 0.05) is 53.8 Å². The van der Waals surface area contributed by atoms with Crippen molar-refractivity contribution in [2.45, 2.75) is 25.3 Å². The van der Waals surface area contributed by atoms with Crippen LogP contribution in [0.25, 0.3) is 39.3 Å². The van der Waals surface area contributed by atoms with E-state index in [-0.39, 0.29) is 11.7 Å². The summed E-state index contributed by atoms with van der Waals surface area (Å²) in [6, 6.07) is 16.9. The van der Waals surface area contributed by atoms with Crippen LogP contribution in [0.3, 0.4) is 0 Å². The largest absolute Gasteiger partial charge is 0.420 e. The number of fused-ring (bicyclic) bond motifs is 2. The number of aromatic amines is 1. The Morgan fingerprint density at radius 3 is 2.92 bits per heavy atom. The average molecular weight is 494 g/mol. The molecule has 1 saturated heterocycles. The highest BCUT2D eigenvalue weighted by Crippen LogP contribution is 2.33. The van der Waals surface area contributed by atoms with Crippen LogP contribution in [-0.4, -0.2) is 47.8 Å². The molecule has 0 unspecified atom stereocenters. The van der Waals surface area contributed by atoms with E-state index in [2.05, 4.69) is 30.3 Å². The molecule has 6 aromatic rings. The fourth-order valence-electron chi connectivity index (χ4n) is 5.21. The highest BCUT2D eigenvalue weighted by molar-refractivity contribution is 5.95. The summed E-state index contributed by atoms with van der Waals surface area (Å²) in [5.41, 5.74) is 5.21. The normalized spacial score (nSPS) is 16.6. The zero-order valence-corrected chi connectivity index (χ0v) is 20.0. The van der Waals surface area contributed by atoms with E-state index in [0.29, 0.717) is 23.9 Å². The molecular weight excluding hydrogens is 469 g/mol. The maximum atomic E-state index is 14.2. The van der Waals surface area contributed by atoms with Crippen LogP contribution in [0.15, 0.2) is 77.6 Å². The van der Waals surface area contributed by atoms with E-state index in [0.717, 1.165) is 59.3 Å². The molecule has 1 atom stereocenters. The molecule has 7 rings (SSSR count). The molecule has 9 heteroatoms. The molecule has 4 aromatic heterocycles. The van der Waals surface area contributed by atoms with Crippen molar-refractivity contribution < 1.29 is 8.81 Å². The molecule has 0 radical (unpaired) electrons. The number of hydrogen-bond donors (Lipinski definition) is 1. The number of halogens is 1. The zero-order chi connectivity index (χ0) is 24.8. The highest BCUT2D eigenvalue weighted by Gasteiger charge is 2.26. The SMILES string of the molecule is Fc1ccccc1CN1CCC[C@@H](c2nnc(-c3ccc4[nH]nc(-c5ccc6nccn6c5)c4c3)o2)C1. The second-order valence-electron chi connectivity index (χ2n) is 9.55. The van der Waals surface area contributed by atoms with Crippen molar-refractivity contribution in [2.24, 2.45) is 0 Å². The molecule has 8 nitrogen and oxygen atoms in total. The summed E-state index contributed by atoms with van der Waals surface area (Å²) in [6.45, 7) is 2.27. The van der Waals surface area contributed by atoms with E-state index in [9.17, 15) is 4.39 Å². The smallest absolute Gasteiger partial charge is 0.247 e. The summed E-state index contributed by atoms with van der Waals surface area (Å²) < 4.78 is 22.3. The molecule has 37 heavy (non-hydrogen) atoms. The van der Waals surface area contributed by atoms with Gasteiger partial charge in [-0.15, -0.1) is 10.2 Å². The van der Waals surface area contributed by atoms with Gasteiger partial charge in [-0.3, -0.25) is 10.00 Å². The summed E-state index contributed by atoms with van der Waals surface area (Å²) in [4.78, 5) is 6.58. The molecule has 0 amide bonds. The van der Waals surface area contributed by atoms with Crippen molar-refractivity contribution >= 4 is 16.6 Å². The molecular formula is C28H24FN7O. The summed E-state index contributed by atoms with van der Waals surface area (Å²) in [7, 11) is 0. The van der Waals surface area contributed by atoms with Crippen LogP contribution in [0, 0.1) is 5.82 Å². The lowest BCUT2D eigenvalue weighted by molar-refractivity contribution is 0.184. The summed E-state index contributed by atoms with van der Waals surface area (Å²) in [5, 5.41) is 17.4. The van der Waals surface area contributed by atoms with Crippen LogP contribution in [0.1, 0.15) is 30.2 Å². The lowest BCUT2D eigenvalue weighted by atomic mass is 9.97. The molecule has 184 valence electrons. The predicted octanol–water partition coefficient (Wildman–Crippen LogP) is 5.45. The van der Waals surface area contributed by atoms with E-state index in [1.165, 1.54) is 6.07 Å². The van der Waals surface area contributed by atoms with Crippen LogP contribution in [-0.2, 0) is 6.54 Å². The molecule has 1 N–H and O–H groups in total. The van der Waals surface area contributed by atoms with Crippen LogP contribution in [0.4, 0.5) is 4.39 Å². The van der Waals surface area contributed by atoms with Crippen LogP contribution in [0.2, 0.25) is 0 Å². The zero-order valence-electron chi connectivity index (χ0n) is 20.0. The van der Waals surface area contributed by atoms with E-state index in [1.54, 1.807) is 12.3 Å². The molecule has 0 aliphatic carbocycles. The van der Waals surface area contributed by atoms with Crippen molar-refractivity contribution in [1.82, 2.24) is 34.7 Å². The minimum absolute atomic E-state index is 0.122. The van der Waals surface area contributed by atoms with Gasteiger partial charge in [0.15, 0.2) is 0 Å². The molecule has 5 heterocycles. The van der Waals surface area contributed by atoms with Gasteiger partial charge in [0.05, 0.1) is 11.4 Å². The van der Waals surface area contributed by atoms with Gasteiger partial charge in [-0.05, 0) is 55.8 Å². The second kappa shape index (κ2) is 8.94. The van der Waals surface area contributed by atoms with Gasteiger partial charge in [0.25, 0.3) is 0 Å². The third kappa shape index (κ3) is 4.07. The van der Waals surface area contributed by atoms with E-state index < -0.39 is 0 Å². The molecule has 0 bridgehead atoms. The third-order valence-electron chi connectivity index (χ3n) is 7.12. The molecule has 1 fully saturated rings. The van der Waals surface area contributed by atoms with Gasteiger partial charge in [0.1, 0.15) is 17.2 Å². The average Bonchev–Trinajstić information content (AvgIpc) is 3.69. The molecule has 2 aromatic carbocycles. The van der Waals surface area contributed by atoms with E-state index in [4.69, 9.17) is 4.42 Å². The summed E-state index contributed by atoms with van der Waals surface area (Å²) >= 11 is 0. The van der Waals surface area contributed by atoms with Crippen molar-refractivity contribution in [3.8, 4) is 22.7 Å². The Kier molecular flexibility index (Phi) is 5.28. The monoisotopic (exact) mass is 493 g/mol. The second-order valence-corrected chi connectivity index (χ2v) is 9.55. The van der Waals surface area contributed by atoms with Crippen molar-refractivity contribution in [3.05, 3.63) is 90.5 Å². The lowest BCUT2D eigenvalue weighted by Crippen LogP contribution is -2.34. The Morgan fingerprint density at radius 2 is 1.97 bits per heavy atom. The van der Waals surface area contributed by atoms with Crippen molar-refractivity contribution in [3.63, 3.8) is 0 Å². The molecule has 1 aliphatic rings. The molecule has 1 aliphatic heterocycles. The van der Waals surface area contributed by atoms with Crippen LogP contribution >= 0.6 is 0 Å². The number of hydrogen-bond acceptors (Lipinski definition) is 6. The maximum absolute atomic E-state index is 14.2. The Labute approximate surface area is 211 Å². The number of piperidine rings is 1. The Balaban J connectivity index is 1.14. The van der Waals surface area contributed by atoms with Crippen LogP contribution < -0.4 is 0 Å². The fraction of sp³-hybridized carbons (Fsp3) is 0.214. The van der Waals surface area contributed by atoms with Gasteiger partial charge < -0.3 is 8.82 Å². The summed E-state index contributed by atoms with van der Waals surface area (Å²) in [5.74, 6) is 1.08. The quantitative estimate of drug-likeness (QED) is 0.344. The number of H-pyrrole nitrogens is 1. The number of nitrogens with zero attached hydrogens (tertiary/aromatic N) is 6. The molecule has 0 saturated carbocycles. The van der Waals surface area contributed by atoms with Gasteiger partial charge in [-0.1, -0.05) is 18.2 Å². The number of rotatable bonds is 5. The van der Waals surface area contributed by atoms with Crippen molar-refractivity contribution in [1.29, 1.82) is 0 Å². The fourth-order valence-corrected chi connectivity index (χ4v) is 5.21. The number of nitrogens with one attached hydrogen (secondary N) is 1. The van der Waals surface area contributed by atoms with Gasteiger partial charge in [-0.2, -0.15) is 5.10 Å². The first-order valence-corrected chi connectivity index (χ1v) is 12.4. The number of likely N-dealkylation sites (tertiary alicyclic amines) is 1. The summed E-state index contributed by atoms with van der Waals surface area (Å²) in [6.07, 6.45) is 7.69. The topological polar surface area (TPSA) is 88.1 Å². The van der Waals surface area contributed by atoms with Gasteiger partial charge >= 0.3 is 0 Å². The first-order valence-electron chi connectivity index (χ1n) is 12.4. The minimum Gasteiger partial charge on any atom is -0.420 e. The minimum atomic E-state index is -0.163. The lowest BCUT2D eigenvalue weighted by Gasteiger charge is -2.31. The standard InChI is InChI=1S/C28H24FN7O/c29-23-6-2-1-4-19(23)15-35-12-3-5-21(16-35)28-34-33-27(37-28)18-7-9-24-22(14-18)26(32-31-24)20-8-10-25-30-11-13-36(25)17-20/h1-2,4,6-11,13-14,17,21H,3,5,12,15-16H2,(H,31,32)/t21-/m1/s1. The first-order chi connectivity index (χ1) is 18.2. The van der Waals surface area contributed by atoms with E-state index in [1.807, 2.05) is 59.3 Å². The number of benzene rings is 2. The Hall–Kier alpha value is -4.37. The van der Waals surface area contributed by atoms with E-state index >= 15 is 0 Å². The third-order valence-corrected chi connectivity index (χ3v) is 7.12. The predicted molar refractivity (Wildman–Crippen MR) is 137 cm³/mol. The van der Waals surface area contributed by atoms with Gasteiger partial charge in [0.2, 0.25) is 11.8 Å². The first kappa shape index (κ1) is 21.9. The maximum Gasteiger partial charge on any atom is 0.247 e. The number of aromatic nitrogens is 6. The number of pyridine rings is 1. The number of imidazole rings is 1. The molecule has 0 spiro atoms.